The van der Waals surface area contributed by atoms with E-state index in [1.54, 1.807) is 31.4 Å². The first-order chi connectivity index (χ1) is 14.6. The van der Waals surface area contributed by atoms with Crippen molar-refractivity contribution in [2.75, 3.05) is 18.4 Å². The minimum absolute atomic E-state index is 0.0659. The van der Waals surface area contributed by atoms with Crippen molar-refractivity contribution >= 4 is 15.7 Å². The van der Waals surface area contributed by atoms with Gasteiger partial charge in [-0.25, -0.2) is 13.4 Å². The van der Waals surface area contributed by atoms with Gasteiger partial charge in [0.1, 0.15) is 0 Å². The highest BCUT2D eigenvalue weighted by Crippen LogP contribution is 2.34. The van der Waals surface area contributed by atoms with E-state index in [1.165, 1.54) is 33.5 Å². The number of sulfonamides is 1. The molecule has 1 aliphatic heterocycles. The predicted molar refractivity (Wildman–Crippen MR) is 108 cm³/mol. The summed E-state index contributed by atoms with van der Waals surface area (Å²) >= 11 is 0. The number of imidazole rings is 1. The molecule has 31 heavy (non-hydrogen) atoms. The Morgan fingerprint density at radius 2 is 1.90 bits per heavy atom. The maximum atomic E-state index is 13.1. The van der Waals surface area contributed by atoms with Gasteiger partial charge in [-0.3, -0.25) is 4.98 Å². The number of aryl methyl sites for hydroxylation is 1. The summed E-state index contributed by atoms with van der Waals surface area (Å²) in [7, 11) is -2.19. The predicted octanol–water partition coefficient (Wildman–Crippen LogP) is 3.10. The van der Waals surface area contributed by atoms with Gasteiger partial charge in [0.05, 0.1) is 11.9 Å². The van der Waals surface area contributed by atoms with Crippen LogP contribution in [0, 0.1) is 0 Å². The molecule has 3 heterocycles. The summed E-state index contributed by atoms with van der Waals surface area (Å²) < 4.78 is 68.2. The van der Waals surface area contributed by atoms with E-state index in [0.29, 0.717) is 5.69 Å². The smallest absolute Gasteiger partial charge is 0.380 e. The highest BCUT2D eigenvalue weighted by Gasteiger charge is 2.41. The van der Waals surface area contributed by atoms with Crippen molar-refractivity contribution in [2.24, 2.45) is 7.05 Å². The fraction of sp³-hybridized carbons (Fsp3) is 0.300. The molecule has 2 aromatic heterocycles. The summed E-state index contributed by atoms with van der Waals surface area (Å²) in [4.78, 5) is 8.29. The number of benzene rings is 1. The zero-order valence-electron chi connectivity index (χ0n) is 16.5. The standard InChI is InChI=1S/C20H20F3N5O2S/c1-27-12-19(25-13-27)31(29,30)28-10-16(17-7-2-3-8-24-17)18(11-28)26-15-6-4-5-14(9-15)20(21,22)23/h2-9,12-13,16,18,26H,10-11H2,1H3. The van der Waals surface area contributed by atoms with Crippen LogP contribution in [-0.2, 0) is 23.2 Å². The lowest BCUT2D eigenvalue weighted by Crippen LogP contribution is -2.32. The van der Waals surface area contributed by atoms with Crippen LogP contribution in [0.5, 0.6) is 0 Å². The van der Waals surface area contributed by atoms with E-state index < -0.39 is 27.8 Å². The van der Waals surface area contributed by atoms with Gasteiger partial charge in [-0.15, -0.1) is 0 Å². The number of rotatable bonds is 5. The third-order valence-electron chi connectivity index (χ3n) is 5.18. The van der Waals surface area contributed by atoms with Crippen molar-refractivity contribution in [1.29, 1.82) is 0 Å². The molecule has 2 unspecified atom stereocenters. The van der Waals surface area contributed by atoms with Gasteiger partial charge in [0.25, 0.3) is 10.0 Å². The van der Waals surface area contributed by atoms with E-state index in [1.807, 2.05) is 0 Å². The van der Waals surface area contributed by atoms with E-state index in [0.717, 1.165) is 12.1 Å². The first-order valence-corrected chi connectivity index (χ1v) is 10.9. The van der Waals surface area contributed by atoms with Gasteiger partial charge in [-0.1, -0.05) is 12.1 Å². The number of pyridine rings is 1. The molecule has 1 aromatic carbocycles. The topological polar surface area (TPSA) is 80.1 Å². The summed E-state index contributed by atoms with van der Waals surface area (Å²) in [6, 6.07) is 9.70. The second kappa shape index (κ2) is 7.97. The maximum Gasteiger partial charge on any atom is 0.416 e. The monoisotopic (exact) mass is 451 g/mol. The zero-order valence-corrected chi connectivity index (χ0v) is 17.3. The summed E-state index contributed by atoms with van der Waals surface area (Å²) in [5.74, 6) is -0.353. The number of nitrogens with zero attached hydrogens (tertiary/aromatic N) is 4. The van der Waals surface area contributed by atoms with Gasteiger partial charge < -0.3 is 9.88 Å². The Labute approximate surface area is 177 Å². The molecule has 0 amide bonds. The molecule has 0 aliphatic carbocycles. The number of halogens is 3. The van der Waals surface area contributed by atoms with Crippen LogP contribution in [0.2, 0.25) is 0 Å². The number of nitrogens with one attached hydrogen (secondary N) is 1. The Morgan fingerprint density at radius 3 is 2.55 bits per heavy atom. The van der Waals surface area contributed by atoms with Crippen molar-refractivity contribution < 1.29 is 21.6 Å². The molecule has 0 saturated carbocycles. The molecule has 7 nitrogen and oxygen atoms in total. The average molecular weight is 451 g/mol. The lowest BCUT2D eigenvalue weighted by molar-refractivity contribution is -0.137. The van der Waals surface area contributed by atoms with Gasteiger partial charge in [0, 0.05) is 55.9 Å². The van der Waals surface area contributed by atoms with Crippen LogP contribution in [0.3, 0.4) is 0 Å². The molecule has 0 radical (unpaired) electrons. The van der Waals surface area contributed by atoms with Crippen LogP contribution >= 0.6 is 0 Å². The molecule has 0 spiro atoms. The van der Waals surface area contributed by atoms with E-state index >= 15 is 0 Å². The third-order valence-corrected chi connectivity index (χ3v) is 6.90. The molecule has 3 aromatic rings. The molecule has 11 heteroatoms. The quantitative estimate of drug-likeness (QED) is 0.645. The third kappa shape index (κ3) is 4.42. The molecular formula is C20H20F3N5O2S. The van der Waals surface area contributed by atoms with Gasteiger partial charge in [0.2, 0.25) is 0 Å². The summed E-state index contributed by atoms with van der Waals surface area (Å²) in [5, 5.41) is 3.01. The maximum absolute atomic E-state index is 13.1. The Morgan fingerprint density at radius 1 is 1.10 bits per heavy atom. The summed E-state index contributed by atoms with van der Waals surface area (Å²) in [6.45, 7) is 0.197. The number of hydrogen-bond donors (Lipinski definition) is 1. The van der Waals surface area contributed by atoms with Crippen LogP contribution in [0.25, 0.3) is 0 Å². The molecule has 1 saturated heterocycles. The van der Waals surface area contributed by atoms with Crippen molar-refractivity contribution in [1.82, 2.24) is 18.8 Å². The van der Waals surface area contributed by atoms with E-state index in [-0.39, 0.29) is 29.7 Å². The number of anilines is 1. The first kappa shape index (κ1) is 21.3. The van der Waals surface area contributed by atoms with Crippen molar-refractivity contribution in [3.05, 3.63) is 72.4 Å². The highest BCUT2D eigenvalue weighted by atomic mass is 32.2. The van der Waals surface area contributed by atoms with Crippen LogP contribution in [0.1, 0.15) is 17.2 Å². The Hall–Kier alpha value is -2.92. The second-order valence-electron chi connectivity index (χ2n) is 7.39. The Bertz CT molecular complexity index is 1160. The van der Waals surface area contributed by atoms with Crippen molar-refractivity contribution in [3.8, 4) is 0 Å². The molecule has 4 rings (SSSR count). The molecule has 1 aliphatic rings. The minimum Gasteiger partial charge on any atom is -0.380 e. The van der Waals surface area contributed by atoms with Crippen molar-refractivity contribution in [3.63, 3.8) is 0 Å². The zero-order chi connectivity index (χ0) is 22.2. The Balaban J connectivity index is 1.65. The molecule has 1 N–H and O–H groups in total. The Kier molecular flexibility index (Phi) is 5.48. The molecule has 2 atom stereocenters. The van der Waals surface area contributed by atoms with E-state index in [4.69, 9.17) is 0 Å². The largest absolute Gasteiger partial charge is 0.416 e. The van der Waals surface area contributed by atoms with Gasteiger partial charge in [0.15, 0.2) is 5.03 Å². The number of aromatic nitrogens is 3. The van der Waals surface area contributed by atoms with Gasteiger partial charge in [-0.05, 0) is 30.3 Å². The number of alkyl halides is 3. The first-order valence-electron chi connectivity index (χ1n) is 9.47. The molecule has 0 bridgehead atoms. The summed E-state index contributed by atoms with van der Waals surface area (Å²) in [6.07, 6.45) is -0.0507. The number of hydrogen-bond acceptors (Lipinski definition) is 5. The van der Waals surface area contributed by atoms with Crippen LogP contribution in [0.15, 0.2) is 66.2 Å². The van der Waals surface area contributed by atoms with Crippen LogP contribution in [-0.4, -0.2) is 46.4 Å². The SMILES string of the molecule is Cn1cnc(S(=O)(=O)N2CC(Nc3cccc(C(F)(F)F)c3)C(c3ccccn3)C2)c1. The van der Waals surface area contributed by atoms with Crippen LogP contribution in [0.4, 0.5) is 18.9 Å². The van der Waals surface area contributed by atoms with Crippen LogP contribution < -0.4 is 5.32 Å². The van der Waals surface area contributed by atoms with Gasteiger partial charge >= 0.3 is 6.18 Å². The normalized spacial score (nSPS) is 20.1. The molecule has 164 valence electrons. The average Bonchev–Trinajstić information content (AvgIpc) is 3.36. The van der Waals surface area contributed by atoms with Gasteiger partial charge in [-0.2, -0.15) is 17.5 Å². The minimum atomic E-state index is -4.47. The van der Waals surface area contributed by atoms with Crippen molar-refractivity contribution in [2.45, 2.75) is 23.2 Å². The highest BCUT2D eigenvalue weighted by molar-refractivity contribution is 7.89. The lowest BCUT2D eigenvalue weighted by Gasteiger charge is -2.21. The van der Waals surface area contributed by atoms with E-state index in [2.05, 4.69) is 15.3 Å². The fourth-order valence-corrected chi connectivity index (χ4v) is 5.12. The summed E-state index contributed by atoms with van der Waals surface area (Å²) in [5.41, 5.74) is 0.145. The fourth-order valence-electron chi connectivity index (χ4n) is 3.66. The molecule has 1 fully saturated rings. The second-order valence-corrected chi connectivity index (χ2v) is 9.27. The molecular weight excluding hydrogens is 431 g/mol. The lowest BCUT2D eigenvalue weighted by atomic mass is 9.98. The van der Waals surface area contributed by atoms with E-state index in [9.17, 15) is 21.6 Å².